The third-order valence-corrected chi connectivity index (χ3v) is 2.04. The Kier molecular flexibility index (Phi) is 5.82. The highest BCUT2D eigenvalue weighted by Gasteiger charge is 2.06. The van der Waals surface area contributed by atoms with Gasteiger partial charge in [-0.2, -0.15) is 0 Å². The molecule has 0 aliphatic rings. The fraction of sp³-hybridized carbons (Fsp3) is 0.308. The van der Waals surface area contributed by atoms with E-state index >= 15 is 0 Å². The molecule has 0 unspecified atom stereocenters. The van der Waals surface area contributed by atoms with E-state index in [9.17, 15) is 4.79 Å². The van der Waals surface area contributed by atoms with E-state index in [-0.39, 0.29) is 12.5 Å². The summed E-state index contributed by atoms with van der Waals surface area (Å²) in [7, 11) is 0. The van der Waals surface area contributed by atoms with Crippen molar-refractivity contribution in [3.63, 3.8) is 0 Å². The van der Waals surface area contributed by atoms with Crippen molar-refractivity contribution < 1.29 is 9.53 Å². The first-order valence-corrected chi connectivity index (χ1v) is 5.61. The number of para-hydroxylation sites is 2. The number of amides is 1. The number of carbonyl (C=O) groups excluding carboxylic acids is 1. The molecule has 0 aromatic heterocycles. The first kappa shape index (κ1) is 13.3. The molecule has 17 heavy (non-hydrogen) atoms. The Morgan fingerprint density at radius 3 is 2.94 bits per heavy atom. The number of ether oxygens (including phenoxy) is 1. The lowest BCUT2D eigenvalue weighted by Gasteiger charge is -2.11. The van der Waals surface area contributed by atoms with Crippen molar-refractivity contribution in [3.05, 3.63) is 36.9 Å². The van der Waals surface area contributed by atoms with Crippen LogP contribution in [0, 0.1) is 0 Å². The van der Waals surface area contributed by atoms with Crippen LogP contribution in [-0.2, 0) is 4.79 Å². The minimum absolute atomic E-state index is 0.0981. The number of nitrogens with one attached hydrogen (secondary N) is 2. The van der Waals surface area contributed by atoms with Gasteiger partial charge >= 0.3 is 0 Å². The highest BCUT2D eigenvalue weighted by molar-refractivity contribution is 5.93. The van der Waals surface area contributed by atoms with Gasteiger partial charge in [0.15, 0.2) is 0 Å². The second-order valence-electron chi connectivity index (χ2n) is 3.40. The van der Waals surface area contributed by atoms with E-state index in [1.807, 2.05) is 31.2 Å². The van der Waals surface area contributed by atoms with Crippen LogP contribution in [0.4, 0.5) is 5.69 Å². The molecule has 0 saturated carbocycles. The summed E-state index contributed by atoms with van der Waals surface area (Å²) in [6, 6.07) is 7.37. The first-order chi connectivity index (χ1) is 8.27. The van der Waals surface area contributed by atoms with Crippen LogP contribution in [0.1, 0.15) is 6.92 Å². The highest BCUT2D eigenvalue weighted by Crippen LogP contribution is 2.23. The van der Waals surface area contributed by atoms with E-state index in [0.717, 1.165) is 0 Å². The second-order valence-corrected chi connectivity index (χ2v) is 3.40. The van der Waals surface area contributed by atoms with Crippen molar-refractivity contribution >= 4 is 11.6 Å². The predicted octanol–water partition coefficient (Wildman–Crippen LogP) is 1.80. The molecule has 0 heterocycles. The lowest BCUT2D eigenvalue weighted by atomic mass is 10.3. The Morgan fingerprint density at radius 1 is 1.47 bits per heavy atom. The molecule has 1 aromatic rings. The average Bonchev–Trinajstić information content (AvgIpc) is 2.32. The Hall–Kier alpha value is -1.81. The van der Waals surface area contributed by atoms with E-state index in [1.54, 1.807) is 6.08 Å². The van der Waals surface area contributed by atoms with Gasteiger partial charge in [0.25, 0.3) is 0 Å². The predicted molar refractivity (Wildman–Crippen MR) is 69.3 cm³/mol. The fourth-order valence-electron chi connectivity index (χ4n) is 1.33. The van der Waals surface area contributed by atoms with Gasteiger partial charge in [0.1, 0.15) is 5.75 Å². The zero-order valence-corrected chi connectivity index (χ0v) is 10.0. The summed E-state index contributed by atoms with van der Waals surface area (Å²) in [6.45, 7) is 6.91. The molecular weight excluding hydrogens is 216 g/mol. The van der Waals surface area contributed by atoms with E-state index < -0.39 is 0 Å². The lowest BCUT2D eigenvalue weighted by Crippen LogP contribution is -2.28. The second kappa shape index (κ2) is 7.46. The normalized spacial score (nSPS) is 9.71. The molecule has 0 aliphatic heterocycles. The molecule has 0 spiro atoms. The van der Waals surface area contributed by atoms with Crippen LogP contribution < -0.4 is 15.4 Å². The molecular formula is C13H18N2O2. The zero-order chi connectivity index (χ0) is 12.5. The van der Waals surface area contributed by atoms with Gasteiger partial charge in [0, 0.05) is 6.54 Å². The highest BCUT2D eigenvalue weighted by atomic mass is 16.5. The summed E-state index contributed by atoms with van der Waals surface area (Å²) in [5.74, 6) is 0.589. The van der Waals surface area contributed by atoms with Crippen molar-refractivity contribution in [3.8, 4) is 5.75 Å². The van der Waals surface area contributed by atoms with Crippen LogP contribution in [0.5, 0.6) is 5.75 Å². The number of benzene rings is 1. The molecule has 0 bridgehead atoms. The van der Waals surface area contributed by atoms with Crippen LogP contribution >= 0.6 is 0 Å². The van der Waals surface area contributed by atoms with E-state index in [2.05, 4.69) is 17.2 Å². The molecule has 4 nitrogen and oxygen atoms in total. The van der Waals surface area contributed by atoms with Crippen molar-refractivity contribution in [2.75, 3.05) is 25.0 Å². The third-order valence-electron chi connectivity index (χ3n) is 2.04. The third kappa shape index (κ3) is 4.70. The van der Waals surface area contributed by atoms with Crippen molar-refractivity contribution in [2.45, 2.75) is 6.92 Å². The zero-order valence-electron chi connectivity index (χ0n) is 10.0. The maximum Gasteiger partial charge on any atom is 0.238 e. The standard InChI is InChI=1S/C13H18N2O2/c1-3-9-14-10-13(16)15-11-7-5-6-8-12(11)17-4-2/h3,5-8,14H,1,4,9-10H2,2H3,(H,15,16). The van der Waals surface area contributed by atoms with E-state index in [0.29, 0.717) is 24.6 Å². The van der Waals surface area contributed by atoms with Crippen molar-refractivity contribution in [1.82, 2.24) is 5.32 Å². The summed E-state index contributed by atoms with van der Waals surface area (Å²) >= 11 is 0. The largest absolute Gasteiger partial charge is 0.492 e. The quantitative estimate of drug-likeness (QED) is 0.558. The molecule has 2 N–H and O–H groups in total. The summed E-state index contributed by atoms with van der Waals surface area (Å²) < 4.78 is 5.41. The first-order valence-electron chi connectivity index (χ1n) is 5.61. The topological polar surface area (TPSA) is 50.4 Å². The maximum absolute atomic E-state index is 11.6. The van der Waals surface area contributed by atoms with Crippen LogP contribution in [0.3, 0.4) is 0 Å². The number of rotatable bonds is 7. The summed E-state index contributed by atoms with van der Waals surface area (Å²) in [5, 5.41) is 5.73. The minimum Gasteiger partial charge on any atom is -0.492 e. The molecule has 0 atom stereocenters. The van der Waals surface area contributed by atoms with E-state index in [4.69, 9.17) is 4.74 Å². The van der Waals surface area contributed by atoms with Crippen LogP contribution in [0.25, 0.3) is 0 Å². The molecule has 0 aliphatic carbocycles. The van der Waals surface area contributed by atoms with Gasteiger partial charge in [-0.15, -0.1) is 6.58 Å². The molecule has 0 radical (unpaired) electrons. The summed E-state index contributed by atoms with van der Waals surface area (Å²) in [6.07, 6.45) is 1.71. The number of hydrogen-bond donors (Lipinski definition) is 2. The van der Waals surface area contributed by atoms with Gasteiger partial charge in [0.05, 0.1) is 18.8 Å². The van der Waals surface area contributed by atoms with Gasteiger partial charge in [-0.3, -0.25) is 4.79 Å². The molecule has 4 heteroatoms. The van der Waals surface area contributed by atoms with Crippen LogP contribution in [0.2, 0.25) is 0 Å². The Bertz CT molecular complexity index is 377. The fourth-order valence-corrected chi connectivity index (χ4v) is 1.33. The number of hydrogen-bond acceptors (Lipinski definition) is 3. The van der Waals surface area contributed by atoms with Gasteiger partial charge in [-0.05, 0) is 19.1 Å². The minimum atomic E-state index is -0.0981. The Balaban J connectivity index is 2.54. The molecule has 92 valence electrons. The van der Waals surface area contributed by atoms with Gasteiger partial charge in [-0.1, -0.05) is 18.2 Å². The maximum atomic E-state index is 11.6. The summed E-state index contributed by atoms with van der Waals surface area (Å²) in [4.78, 5) is 11.6. The SMILES string of the molecule is C=CCNCC(=O)Nc1ccccc1OCC. The Labute approximate surface area is 102 Å². The number of carbonyl (C=O) groups is 1. The summed E-state index contributed by atoms with van der Waals surface area (Å²) in [5.41, 5.74) is 0.694. The monoisotopic (exact) mass is 234 g/mol. The van der Waals surface area contributed by atoms with Crippen molar-refractivity contribution in [2.24, 2.45) is 0 Å². The molecule has 0 saturated heterocycles. The van der Waals surface area contributed by atoms with E-state index in [1.165, 1.54) is 0 Å². The molecule has 1 aromatic carbocycles. The lowest BCUT2D eigenvalue weighted by molar-refractivity contribution is -0.115. The van der Waals surface area contributed by atoms with Gasteiger partial charge < -0.3 is 15.4 Å². The smallest absolute Gasteiger partial charge is 0.238 e. The molecule has 1 amide bonds. The van der Waals surface area contributed by atoms with Crippen molar-refractivity contribution in [1.29, 1.82) is 0 Å². The number of anilines is 1. The van der Waals surface area contributed by atoms with Crippen LogP contribution in [0.15, 0.2) is 36.9 Å². The Morgan fingerprint density at radius 2 is 2.24 bits per heavy atom. The van der Waals surface area contributed by atoms with Gasteiger partial charge in [0.2, 0.25) is 5.91 Å². The molecule has 0 fully saturated rings. The van der Waals surface area contributed by atoms with Gasteiger partial charge in [-0.25, -0.2) is 0 Å². The average molecular weight is 234 g/mol. The molecule has 1 rings (SSSR count). The van der Waals surface area contributed by atoms with Crippen LogP contribution in [-0.4, -0.2) is 25.6 Å².